The van der Waals surface area contributed by atoms with Gasteiger partial charge in [0.05, 0.1) is 23.4 Å². The fourth-order valence-corrected chi connectivity index (χ4v) is 5.56. The zero-order chi connectivity index (χ0) is 22.1. The molecule has 0 saturated carbocycles. The van der Waals surface area contributed by atoms with Gasteiger partial charge in [-0.2, -0.15) is 0 Å². The smallest absolute Gasteiger partial charge is 0.220 e. The first kappa shape index (κ1) is 21.1. The van der Waals surface area contributed by atoms with Crippen LogP contribution in [-0.2, 0) is 16.1 Å². The number of amides is 1. The van der Waals surface area contributed by atoms with E-state index in [1.54, 1.807) is 29.5 Å². The van der Waals surface area contributed by atoms with E-state index in [9.17, 15) is 9.90 Å². The molecule has 2 aliphatic rings. The molecule has 0 aliphatic carbocycles. The lowest BCUT2D eigenvalue weighted by Crippen LogP contribution is -2.37. The second-order valence-corrected chi connectivity index (χ2v) is 9.54. The summed E-state index contributed by atoms with van der Waals surface area (Å²) in [6.45, 7) is 5.52. The van der Waals surface area contributed by atoms with Crippen LogP contribution in [0.25, 0.3) is 21.6 Å². The Bertz CT molecular complexity index is 1120. The van der Waals surface area contributed by atoms with Gasteiger partial charge in [-0.05, 0) is 44.1 Å². The highest BCUT2D eigenvalue weighted by Crippen LogP contribution is 2.35. The van der Waals surface area contributed by atoms with Crippen LogP contribution < -0.4 is 10.6 Å². The van der Waals surface area contributed by atoms with Gasteiger partial charge in [-0.25, -0.2) is 9.97 Å². The standard InChI is InChI=1S/C23H27N5O3S/c24-21(30)15-4-6-27(7-5-15)14-18-13-19-20(32-18)23(28-8-10-31-11-9-28)26-22(25-19)16-2-1-3-17(29)12-16/h1-3,12-13,15,29H,4-11,14H2,(H2,24,30). The van der Waals surface area contributed by atoms with Crippen molar-refractivity contribution in [1.29, 1.82) is 0 Å². The summed E-state index contributed by atoms with van der Waals surface area (Å²) < 4.78 is 6.62. The summed E-state index contributed by atoms with van der Waals surface area (Å²) in [6.07, 6.45) is 1.64. The molecular formula is C23H27N5O3S. The predicted octanol–water partition coefficient (Wildman–Crippen LogP) is 2.60. The van der Waals surface area contributed by atoms with Gasteiger partial charge in [0.25, 0.3) is 0 Å². The SMILES string of the molecule is NC(=O)C1CCN(Cc2cc3nc(-c4cccc(O)c4)nc(N4CCOCC4)c3s2)CC1. The first-order valence-electron chi connectivity index (χ1n) is 11.0. The number of rotatable bonds is 5. The van der Waals surface area contributed by atoms with Crippen molar-refractivity contribution in [3.63, 3.8) is 0 Å². The van der Waals surface area contributed by atoms with Gasteiger partial charge >= 0.3 is 0 Å². The number of morpholine rings is 1. The first-order valence-corrected chi connectivity index (χ1v) is 11.8. The second kappa shape index (κ2) is 9.01. The molecule has 2 saturated heterocycles. The highest BCUT2D eigenvalue weighted by Gasteiger charge is 2.25. The average Bonchev–Trinajstić information content (AvgIpc) is 3.21. The molecule has 9 heteroatoms. The van der Waals surface area contributed by atoms with Gasteiger partial charge in [0.1, 0.15) is 5.75 Å². The molecule has 2 aromatic heterocycles. The van der Waals surface area contributed by atoms with E-state index >= 15 is 0 Å². The van der Waals surface area contributed by atoms with Crippen LogP contribution in [0.5, 0.6) is 5.75 Å². The van der Waals surface area contributed by atoms with Gasteiger partial charge < -0.3 is 20.5 Å². The minimum absolute atomic E-state index is 0.00251. The van der Waals surface area contributed by atoms with Gasteiger partial charge in [0.2, 0.25) is 5.91 Å². The highest BCUT2D eigenvalue weighted by atomic mass is 32.1. The topological polar surface area (TPSA) is 105 Å². The molecule has 0 spiro atoms. The first-order chi connectivity index (χ1) is 15.6. The van der Waals surface area contributed by atoms with E-state index < -0.39 is 0 Å². The molecule has 3 N–H and O–H groups in total. The number of phenolic OH excluding ortho intramolecular Hbond substituents is 1. The molecule has 0 bridgehead atoms. The molecule has 1 aromatic carbocycles. The number of carbonyl (C=O) groups excluding carboxylic acids is 1. The van der Waals surface area contributed by atoms with Crippen molar-refractivity contribution >= 4 is 33.3 Å². The van der Waals surface area contributed by atoms with E-state index in [4.69, 9.17) is 20.4 Å². The number of aromatic nitrogens is 2. The van der Waals surface area contributed by atoms with Crippen molar-refractivity contribution in [3.05, 3.63) is 35.2 Å². The number of benzene rings is 1. The minimum atomic E-state index is -0.184. The molecule has 0 atom stereocenters. The van der Waals surface area contributed by atoms with E-state index in [0.29, 0.717) is 19.0 Å². The molecule has 32 heavy (non-hydrogen) atoms. The van der Waals surface area contributed by atoms with Gasteiger partial charge in [-0.1, -0.05) is 12.1 Å². The van der Waals surface area contributed by atoms with Crippen molar-refractivity contribution in [3.8, 4) is 17.1 Å². The summed E-state index contributed by atoms with van der Waals surface area (Å²) >= 11 is 1.74. The number of carbonyl (C=O) groups is 1. The molecule has 5 rings (SSSR count). The fourth-order valence-electron chi connectivity index (χ4n) is 4.40. The van der Waals surface area contributed by atoms with E-state index in [-0.39, 0.29) is 17.6 Å². The Labute approximate surface area is 190 Å². The lowest BCUT2D eigenvalue weighted by Gasteiger charge is -2.30. The second-order valence-electron chi connectivity index (χ2n) is 8.40. The van der Waals surface area contributed by atoms with Crippen molar-refractivity contribution < 1.29 is 14.6 Å². The van der Waals surface area contributed by atoms with Gasteiger partial charge in [-0.15, -0.1) is 11.3 Å². The third-order valence-corrected chi connectivity index (χ3v) is 7.29. The number of nitrogens with two attached hydrogens (primary N) is 1. The third-order valence-electron chi connectivity index (χ3n) is 6.19. The molecule has 2 aliphatic heterocycles. The van der Waals surface area contributed by atoms with Crippen LogP contribution >= 0.6 is 11.3 Å². The Morgan fingerprint density at radius 2 is 1.94 bits per heavy atom. The summed E-state index contributed by atoms with van der Waals surface area (Å²) in [4.78, 5) is 27.1. The molecule has 4 heterocycles. The number of piperidine rings is 1. The fraction of sp³-hybridized carbons (Fsp3) is 0.435. The maximum Gasteiger partial charge on any atom is 0.220 e. The van der Waals surface area contributed by atoms with Crippen LogP contribution in [0.1, 0.15) is 17.7 Å². The molecule has 0 radical (unpaired) electrons. The third kappa shape index (κ3) is 4.41. The Morgan fingerprint density at radius 1 is 1.16 bits per heavy atom. The molecule has 8 nitrogen and oxygen atoms in total. The quantitative estimate of drug-likeness (QED) is 0.612. The number of primary amides is 1. The lowest BCUT2D eigenvalue weighted by molar-refractivity contribution is -0.123. The summed E-state index contributed by atoms with van der Waals surface area (Å²) in [6, 6.07) is 9.22. The maximum absolute atomic E-state index is 11.5. The van der Waals surface area contributed by atoms with Crippen LogP contribution in [0.15, 0.2) is 30.3 Å². The number of ether oxygens (including phenoxy) is 1. The van der Waals surface area contributed by atoms with Crippen LogP contribution in [0.4, 0.5) is 5.82 Å². The molecule has 0 unspecified atom stereocenters. The highest BCUT2D eigenvalue weighted by molar-refractivity contribution is 7.19. The van der Waals surface area contributed by atoms with Crippen molar-refractivity contribution in [1.82, 2.24) is 14.9 Å². The number of aromatic hydroxyl groups is 1. The number of likely N-dealkylation sites (tertiary alicyclic amines) is 1. The number of hydrogen-bond acceptors (Lipinski definition) is 8. The van der Waals surface area contributed by atoms with Crippen molar-refractivity contribution in [2.45, 2.75) is 19.4 Å². The molecule has 1 amide bonds. The zero-order valence-electron chi connectivity index (χ0n) is 17.9. The average molecular weight is 454 g/mol. The number of anilines is 1. The summed E-state index contributed by atoms with van der Waals surface area (Å²) in [5.74, 6) is 1.56. The van der Waals surface area contributed by atoms with Gasteiger partial charge in [0.15, 0.2) is 11.6 Å². The van der Waals surface area contributed by atoms with Crippen LogP contribution in [0.3, 0.4) is 0 Å². The van der Waals surface area contributed by atoms with E-state index in [0.717, 1.165) is 67.2 Å². The van der Waals surface area contributed by atoms with Crippen LogP contribution in [0, 0.1) is 5.92 Å². The summed E-state index contributed by atoms with van der Waals surface area (Å²) in [5, 5.41) is 9.93. The molecule has 2 fully saturated rings. The van der Waals surface area contributed by atoms with Crippen molar-refractivity contribution in [2.24, 2.45) is 11.7 Å². The molecule has 168 valence electrons. The van der Waals surface area contributed by atoms with E-state index in [2.05, 4.69) is 15.9 Å². The number of phenols is 1. The van der Waals surface area contributed by atoms with E-state index in [1.165, 1.54) is 4.88 Å². The van der Waals surface area contributed by atoms with Crippen LogP contribution in [-0.4, -0.2) is 65.3 Å². The Hall–Kier alpha value is -2.75. The largest absolute Gasteiger partial charge is 0.508 e. The monoisotopic (exact) mass is 453 g/mol. The van der Waals surface area contributed by atoms with E-state index in [1.807, 2.05) is 6.07 Å². The number of fused-ring (bicyclic) bond motifs is 1. The Balaban J connectivity index is 1.47. The predicted molar refractivity (Wildman–Crippen MR) is 125 cm³/mol. The maximum atomic E-state index is 11.5. The normalized spacial score (nSPS) is 18.3. The zero-order valence-corrected chi connectivity index (χ0v) is 18.7. The number of hydrogen-bond donors (Lipinski definition) is 2. The number of thiophene rings is 1. The Kier molecular flexibility index (Phi) is 5.95. The van der Waals surface area contributed by atoms with Gasteiger partial charge in [0, 0.05) is 36.0 Å². The number of nitrogens with zero attached hydrogens (tertiary/aromatic N) is 4. The molecule has 3 aromatic rings. The minimum Gasteiger partial charge on any atom is -0.508 e. The molecular weight excluding hydrogens is 426 g/mol. The summed E-state index contributed by atoms with van der Waals surface area (Å²) in [7, 11) is 0. The van der Waals surface area contributed by atoms with Crippen molar-refractivity contribution in [2.75, 3.05) is 44.3 Å². The Morgan fingerprint density at radius 3 is 2.66 bits per heavy atom. The van der Waals surface area contributed by atoms with Gasteiger partial charge in [-0.3, -0.25) is 9.69 Å². The lowest BCUT2D eigenvalue weighted by atomic mass is 9.96. The van der Waals surface area contributed by atoms with Crippen LogP contribution in [0.2, 0.25) is 0 Å². The summed E-state index contributed by atoms with van der Waals surface area (Å²) in [5.41, 5.74) is 7.19.